The fourth-order valence-corrected chi connectivity index (χ4v) is 4.13. The van der Waals surface area contributed by atoms with Crippen molar-refractivity contribution in [3.63, 3.8) is 0 Å². The van der Waals surface area contributed by atoms with E-state index in [1.807, 2.05) is 30.3 Å². The van der Waals surface area contributed by atoms with Gasteiger partial charge in [0.1, 0.15) is 5.82 Å². The Labute approximate surface area is 199 Å². The molecule has 0 aliphatic heterocycles. The number of carbonyl (C=O) groups is 1. The lowest BCUT2D eigenvalue weighted by molar-refractivity contribution is -0.384. The number of halogens is 1. The predicted octanol–water partition coefficient (Wildman–Crippen LogP) is 5.16. The molecule has 0 radical (unpaired) electrons. The van der Waals surface area contributed by atoms with E-state index in [-0.39, 0.29) is 11.6 Å². The fourth-order valence-electron chi connectivity index (χ4n) is 3.28. The first-order chi connectivity index (χ1) is 16.4. The first-order valence-corrected chi connectivity index (χ1v) is 11.2. The van der Waals surface area contributed by atoms with Crippen LogP contribution < -0.4 is 5.32 Å². The highest BCUT2D eigenvalue weighted by Crippen LogP contribution is 2.29. The summed E-state index contributed by atoms with van der Waals surface area (Å²) in [5, 5.41) is 22.0. The Morgan fingerprint density at radius 1 is 1.09 bits per heavy atom. The summed E-state index contributed by atoms with van der Waals surface area (Å²) in [5.74, 6) is -0.417. The van der Waals surface area contributed by atoms with E-state index >= 15 is 0 Å². The largest absolute Gasteiger partial charge is 0.325 e. The third-order valence-electron chi connectivity index (χ3n) is 4.99. The molecular formula is C24H20FN5O3S. The lowest BCUT2D eigenvalue weighted by Crippen LogP contribution is -2.23. The van der Waals surface area contributed by atoms with Gasteiger partial charge in [-0.05, 0) is 30.7 Å². The number of aromatic nitrogens is 3. The van der Waals surface area contributed by atoms with Crippen LogP contribution in [0, 0.1) is 15.9 Å². The molecule has 1 atom stereocenters. The van der Waals surface area contributed by atoms with Crippen molar-refractivity contribution in [2.45, 2.75) is 23.9 Å². The number of nitro groups is 1. The Morgan fingerprint density at radius 3 is 2.56 bits per heavy atom. The van der Waals surface area contributed by atoms with Crippen molar-refractivity contribution >= 4 is 29.0 Å². The average molecular weight is 478 g/mol. The maximum atomic E-state index is 14.5. The molecular weight excluding hydrogens is 457 g/mol. The SMILES string of the molecule is C[C@@H](Sc1nnc(-c2ccccc2F)n1Cc1ccccc1)C(=O)Nc1cccc([N+](=O)[O-])c1. The molecule has 0 bridgehead atoms. The number of non-ortho nitro benzene ring substituents is 1. The molecule has 10 heteroatoms. The smallest absolute Gasteiger partial charge is 0.271 e. The molecule has 0 unspecified atom stereocenters. The van der Waals surface area contributed by atoms with Crippen LogP contribution in [0.1, 0.15) is 12.5 Å². The number of rotatable bonds is 8. The first kappa shape index (κ1) is 23.1. The van der Waals surface area contributed by atoms with Gasteiger partial charge in [0.2, 0.25) is 5.91 Å². The summed E-state index contributed by atoms with van der Waals surface area (Å²) in [6, 6.07) is 21.7. The van der Waals surface area contributed by atoms with Crippen molar-refractivity contribution in [3.8, 4) is 11.4 Å². The summed E-state index contributed by atoms with van der Waals surface area (Å²) in [4.78, 5) is 23.2. The zero-order valence-corrected chi connectivity index (χ0v) is 18.9. The molecule has 1 heterocycles. The van der Waals surface area contributed by atoms with E-state index in [2.05, 4.69) is 15.5 Å². The molecule has 4 aromatic rings. The molecule has 0 fully saturated rings. The third-order valence-corrected chi connectivity index (χ3v) is 6.07. The van der Waals surface area contributed by atoms with E-state index in [9.17, 15) is 19.3 Å². The van der Waals surface area contributed by atoms with Gasteiger partial charge in [0.25, 0.3) is 5.69 Å². The molecule has 0 spiro atoms. The average Bonchev–Trinajstić information content (AvgIpc) is 3.21. The van der Waals surface area contributed by atoms with Gasteiger partial charge in [-0.1, -0.05) is 60.3 Å². The molecule has 0 aliphatic carbocycles. The molecule has 3 aromatic carbocycles. The topological polar surface area (TPSA) is 103 Å². The Bertz CT molecular complexity index is 1330. The van der Waals surface area contributed by atoms with Crippen molar-refractivity contribution < 1.29 is 14.1 Å². The van der Waals surface area contributed by atoms with E-state index in [4.69, 9.17) is 0 Å². The number of hydrogen-bond donors (Lipinski definition) is 1. The van der Waals surface area contributed by atoms with Gasteiger partial charge in [0, 0.05) is 17.8 Å². The Balaban J connectivity index is 1.59. The summed E-state index contributed by atoms with van der Waals surface area (Å²) >= 11 is 1.17. The van der Waals surface area contributed by atoms with Gasteiger partial charge in [0.05, 0.1) is 22.3 Å². The van der Waals surface area contributed by atoms with Gasteiger partial charge in [0.15, 0.2) is 11.0 Å². The molecule has 34 heavy (non-hydrogen) atoms. The van der Waals surface area contributed by atoms with Gasteiger partial charge < -0.3 is 5.32 Å². The van der Waals surface area contributed by atoms with Gasteiger partial charge >= 0.3 is 0 Å². The lowest BCUT2D eigenvalue weighted by atomic mass is 10.2. The fraction of sp³-hybridized carbons (Fsp3) is 0.125. The number of amides is 1. The monoisotopic (exact) mass is 477 g/mol. The Morgan fingerprint density at radius 2 is 1.82 bits per heavy atom. The van der Waals surface area contributed by atoms with Crippen LogP contribution in [0.25, 0.3) is 11.4 Å². The highest BCUT2D eigenvalue weighted by molar-refractivity contribution is 8.00. The van der Waals surface area contributed by atoms with Crippen molar-refractivity contribution in [1.82, 2.24) is 14.8 Å². The Kier molecular flexibility index (Phi) is 6.98. The van der Waals surface area contributed by atoms with E-state index in [1.54, 1.807) is 35.8 Å². The summed E-state index contributed by atoms with van der Waals surface area (Å²) in [7, 11) is 0. The number of hydrogen-bond acceptors (Lipinski definition) is 6. The lowest BCUT2D eigenvalue weighted by Gasteiger charge is -2.14. The van der Waals surface area contributed by atoms with E-state index < -0.39 is 16.0 Å². The van der Waals surface area contributed by atoms with Crippen LogP contribution in [0.5, 0.6) is 0 Å². The van der Waals surface area contributed by atoms with Crippen molar-refractivity contribution in [3.05, 3.63) is 100 Å². The molecule has 1 amide bonds. The van der Waals surface area contributed by atoms with Gasteiger partial charge in [-0.2, -0.15) is 0 Å². The van der Waals surface area contributed by atoms with E-state index in [1.165, 1.54) is 36.0 Å². The molecule has 8 nitrogen and oxygen atoms in total. The maximum absolute atomic E-state index is 14.5. The summed E-state index contributed by atoms with van der Waals surface area (Å²) in [6.07, 6.45) is 0. The maximum Gasteiger partial charge on any atom is 0.271 e. The normalized spacial score (nSPS) is 11.7. The number of nitrogens with zero attached hydrogens (tertiary/aromatic N) is 4. The molecule has 1 aromatic heterocycles. The molecule has 4 rings (SSSR count). The number of carbonyl (C=O) groups excluding carboxylic acids is 1. The number of thioether (sulfide) groups is 1. The summed E-state index contributed by atoms with van der Waals surface area (Å²) < 4.78 is 16.3. The number of anilines is 1. The minimum atomic E-state index is -0.605. The van der Waals surface area contributed by atoms with Gasteiger partial charge in [-0.25, -0.2) is 4.39 Å². The van der Waals surface area contributed by atoms with E-state index in [0.29, 0.717) is 28.8 Å². The number of nitrogens with one attached hydrogen (secondary N) is 1. The third kappa shape index (κ3) is 5.29. The quantitative estimate of drug-likeness (QED) is 0.214. The zero-order valence-electron chi connectivity index (χ0n) is 18.1. The predicted molar refractivity (Wildman–Crippen MR) is 128 cm³/mol. The standard InChI is InChI=1S/C24H20FN5O3S/c1-16(23(31)26-18-10-7-11-19(14-18)30(32)33)34-24-28-27-22(20-12-5-6-13-21(20)25)29(24)15-17-8-3-2-4-9-17/h2-14,16H,15H2,1H3,(H,26,31)/t16-/m1/s1. The minimum Gasteiger partial charge on any atom is -0.325 e. The Hall–Kier alpha value is -4.05. The summed E-state index contributed by atoms with van der Waals surface area (Å²) in [6.45, 7) is 2.08. The van der Waals surface area contributed by atoms with Crippen LogP contribution in [0.2, 0.25) is 0 Å². The summed E-state index contributed by atoms with van der Waals surface area (Å²) in [5.41, 5.74) is 1.49. The van der Waals surface area contributed by atoms with E-state index in [0.717, 1.165) is 5.56 Å². The molecule has 0 saturated heterocycles. The van der Waals surface area contributed by atoms with Crippen molar-refractivity contribution in [2.24, 2.45) is 0 Å². The van der Waals surface area contributed by atoms with Crippen LogP contribution in [0.3, 0.4) is 0 Å². The molecule has 0 saturated carbocycles. The highest BCUT2D eigenvalue weighted by Gasteiger charge is 2.22. The molecule has 172 valence electrons. The van der Waals surface area contributed by atoms with Crippen LogP contribution in [0.15, 0.2) is 84.0 Å². The van der Waals surface area contributed by atoms with Crippen LogP contribution in [-0.4, -0.2) is 30.8 Å². The van der Waals surface area contributed by atoms with Crippen LogP contribution in [-0.2, 0) is 11.3 Å². The first-order valence-electron chi connectivity index (χ1n) is 10.4. The number of nitro benzene ring substituents is 1. The highest BCUT2D eigenvalue weighted by atomic mass is 32.2. The second-order valence-corrected chi connectivity index (χ2v) is 8.72. The molecule has 1 N–H and O–H groups in total. The van der Waals surface area contributed by atoms with Crippen molar-refractivity contribution in [1.29, 1.82) is 0 Å². The van der Waals surface area contributed by atoms with Crippen molar-refractivity contribution in [2.75, 3.05) is 5.32 Å². The zero-order chi connectivity index (χ0) is 24.1. The minimum absolute atomic E-state index is 0.116. The van der Waals surface area contributed by atoms with Gasteiger partial charge in [-0.3, -0.25) is 19.5 Å². The van der Waals surface area contributed by atoms with Gasteiger partial charge in [-0.15, -0.1) is 10.2 Å². The van der Waals surface area contributed by atoms with Crippen LogP contribution in [0.4, 0.5) is 15.8 Å². The number of benzene rings is 3. The van der Waals surface area contributed by atoms with Crippen LogP contribution >= 0.6 is 11.8 Å². The second kappa shape index (κ2) is 10.3. The second-order valence-electron chi connectivity index (χ2n) is 7.41. The molecule has 0 aliphatic rings.